The zero-order chi connectivity index (χ0) is 15.1. The lowest BCUT2D eigenvalue weighted by molar-refractivity contribution is 0.0940. The lowest BCUT2D eigenvalue weighted by Crippen LogP contribution is -2.29. The van der Waals surface area contributed by atoms with E-state index in [-0.39, 0.29) is 6.04 Å². The molecule has 1 aliphatic rings. The first-order chi connectivity index (χ1) is 9.25. The van der Waals surface area contributed by atoms with E-state index in [2.05, 4.69) is 5.32 Å². The second-order valence-electron chi connectivity index (χ2n) is 4.66. The van der Waals surface area contributed by atoms with Crippen molar-refractivity contribution in [3.63, 3.8) is 0 Å². The Morgan fingerprint density at radius 3 is 2.60 bits per heavy atom. The van der Waals surface area contributed by atoms with Gasteiger partial charge in [0.15, 0.2) is 5.82 Å². The molecule has 1 amide bonds. The van der Waals surface area contributed by atoms with Crippen LogP contribution >= 0.6 is 10.7 Å². The van der Waals surface area contributed by atoms with Crippen molar-refractivity contribution in [2.75, 3.05) is 0 Å². The Morgan fingerprint density at radius 2 is 2.10 bits per heavy atom. The van der Waals surface area contributed by atoms with Gasteiger partial charge in [-0.3, -0.25) is 4.79 Å². The van der Waals surface area contributed by atoms with E-state index < -0.39 is 37.1 Å². The highest BCUT2D eigenvalue weighted by atomic mass is 35.7. The Hall–Kier alpha value is -1.21. The van der Waals surface area contributed by atoms with Crippen LogP contribution in [0, 0.1) is 17.6 Å². The molecule has 1 aliphatic carbocycles. The van der Waals surface area contributed by atoms with Crippen LogP contribution < -0.4 is 5.32 Å². The average Bonchev–Trinajstić information content (AvgIpc) is 3.05. The lowest BCUT2D eigenvalue weighted by Gasteiger charge is -2.08. The van der Waals surface area contributed by atoms with Gasteiger partial charge >= 0.3 is 0 Å². The molecule has 1 aromatic rings. The molecule has 1 fully saturated rings. The summed E-state index contributed by atoms with van der Waals surface area (Å²) in [5.74, 6) is -3.27. The minimum Gasteiger partial charge on any atom is -0.349 e. The summed E-state index contributed by atoms with van der Waals surface area (Å²) in [6.45, 7) is 1.94. The maximum absolute atomic E-state index is 14.0. The zero-order valence-corrected chi connectivity index (χ0v) is 12.1. The van der Waals surface area contributed by atoms with Crippen LogP contribution in [0.1, 0.15) is 30.1 Å². The maximum Gasteiger partial charge on any atom is 0.264 e. The van der Waals surface area contributed by atoms with Gasteiger partial charge in [0, 0.05) is 16.7 Å². The van der Waals surface area contributed by atoms with E-state index in [4.69, 9.17) is 10.7 Å². The second-order valence-corrected chi connectivity index (χ2v) is 7.19. The minimum absolute atomic E-state index is 0.123. The van der Waals surface area contributed by atoms with E-state index in [1.807, 2.05) is 6.92 Å². The summed E-state index contributed by atoms with van der Waals surface area (Å²) in [5.41, 5.74) is -0.923. The number of carbonyl (C=O) groups is 1. The van der Waals surface area contributed by atoms with Crippen molar-refractivity contribution in [2.24, 2.45) is 5.92 Å². The number of halogens is 3. The van der Waals surface area contributed by atoms with Crippen LogP contribution in [-0.4, -0.2) is 20.4 Å². The quantitative estimate of drug-likeness (QED) is 0.866. The molecule has 0 spiro atoms. The van der Waals surface area contributed by atoms with Crippen molar-refractivity contribution >= 4 is 25.6 Å². The molecule has 0 aliphatic heterocycles. The van der Waals surface area contributed by atoms with E-state index in [0.717, 1.165) is 12.8 Å². The van der Waals surface area contributed by atoms with Crippen molar-refractivity contribution in [3.8, 4) is 0 Å². The largest absolute Gasteiger partial charge is 0.349 e. The van der Waals surface area contributed by atoms with Crippen LogP contribution in [0.5, 0.6) is 0 Å². The van der Waals surface area contributed by atoms with Crippen molar-refractivity contribution in [2.45, 2.75) is 30.7 Å². The van der Waals surface area contributed by atoms with Gasteiger partial charge in [-0.15, -0.1) is 0 Å². The van der Waals surface area contributed by atoms with Gasteiger partial charge in [0.05, 0.1) is 0 Å². The van der Waals surface area contributed by atoms with E-state index in [1.54, 1.807) is 0 Å². The summed E-state index contributed by atoms with van der Waals surface area (Å²) in [4.78, 5) is 10.9. The molecule has 0 aromatic heterocycles. The third-order valence-electron chi connectivity index (χ3n) is 3.31. The molecule has 8 heteroatoms. The molecule has 0 heterocycles. The fraction of sp³-hybridized carbons (Fsp3) is 0.417. The van der Waals surface area contributed by atoms with Crippen LogP contribution in [0.2, 0.25) is 0 Å². The van der Waals surface area contributed by atoms with Gasteiger partial charge in [-0.25, -0.2) is 17.2 Å². The molecule has 1 N–H and O–H groups in total. The molecule has 1 aromatic carbocycles. The number of hydrogen-bond donors (Lipinski definition) is 1. The van der Waals surface area contributed by atoms with Crippen molar-refractivity contribution < 1.29 is 22.0 Å². The molecule has 0 bridgehead atoms. The van der Waals surface area contributed by atoms with Gasteiger partial charge in [0.25, 0.3) is 15.0 Å². The smallest absolute Gasteiger partial charge is 0.264 e. The number of hydrogen-bond acceptors (Lipinski definition) is 3. The number of benzene rings is 1. The Kier molecular flexibility index (Phi) is 4.02. The molecule has 20 heavy (non-hydrogen) atoms. The summed E-state index contributed by atoms with van der Waals surface area (Å²) in [5, 5.41) is 2.47. The van der Waals surface area contributed by atoms with Gasteiger partial charge in [0.1, 0.15) is 16.3 Å². The summed E-state index contributed by atoms with van der Waals surface area (Å²) in [7, 11) is 0.651. The first kappa shape index (κ1) is 15.2. The van der Waals surface area contributed by atoms with Crippen molar-refractivity contribution in [1.29, 1.82) is 0 Å². The molecule has 1 saturated carbocycles. The summed E-state index contributed by atoms with van der Waals surface area (Å²) in [6.07, 6.45) is 1.60. The van der Waals surface area contributed by atoms with Crippen LogP contribution in [0.25, 0.3) is 0 Å². The van der Waals surface area contributed by atoms with Gasteiger partial charge in [-0.2, -0.15) is 0 Å². The van der Waals surface area contributed by atoms with Gasteiger partial charge in [-0.1, -0.05) is 13.3 Å². The molecular formula is C12H12ClF2NO3S. The predicted molar refractivity (Wildman–Crippen MR) is 69.0 cm³/mol. The first-order valence-electron chi connectivity index (χ1n) is 5.99. The van der Waals surface area contributed by atoms with Crippen molar-refractivity contribution in [1.82, 2.24) is 5.32 Å². The summed E-state index contributed by atoms with van der Waals surface area (Å²) in [6, 6.07) is 1.27. The van der Waals surface area contributed by atoms with E-state index >= 15 is 0 Å². The molecular weight excluding hydrogens is 312 g/mol. The van der Waals surface area contributed by atoms with Gasteiger partial charge in [0.2, 0.25) is 0 Å². The van der Waals surface area contributed by atoms with E-state index in [0.29, 0.717) is 18.1 Å². The zero-order valence-electron chi connectivity index (χ0n) is 10.5. The Labute approximate surface area is 119 Å². The number of rotatable bonds is 4. The molecule has 2 atom stereocenters. The highest BCUT2D eigenvalue weighted by molar-refractivity contribution is 8.13. The summed E-state index contributed by atoms with van der Waals surface area (Å²) < 4.78 is 49.8. The lowest BCUT2D eigenvalue weighted by atomic mass is 10.2. The average molecular weight is 324 g/mol. The Bertz CT molecular complexity index is 663. The number of nitrogens with one attached hydrogen (secondary N) is 1. The van der Waals surface area contributed by atoms with Gasteiger partial charge in [-0.05, 0) is 24.5 Å². The molecule has 4 nitrogen and oxygen atoms in total. The number of carbonyl (C=O) groups excluding carboxylic acids is 1. The summed E-state index contributed by atoms with van der Waals surface area (Å²) >= 11 is 0. The molecule has 110 valence electrons. The SMILES string of the molecule is CCC1CC1NC(=O)c1c(F)ccc(S(=O)(=O)Cl)c1F. The standard InChI is InChI=1S/C12H12ClF2NO3S/c1-2-6-5-8(6)16-12(17)10-7(14)3-4-9(11(10)15)20(13,18)19/h3-4,6,8H,2,5H2,1H3,(H,16,17). The third kappa shape index (κ3) is 2.93. The third-order valence-corrected chi connectivity index (χ3v) is 4.65. The maximum atomic E-state index is 14.0. The molecule has 0 saturated heterocycles. The fourth-order valence-electron chi connectivity index (χ4n) is 2.05. The normalized spacial score (nSPS) is 21.6. The predicted octanol–water partition coefficient (Wildman–Crippen LogP) is 2.42. The molecule has 2 unspecified atom stereocenters. The fourth-order valence-corrected chi connectivity index (χ4v) is 2.95. The monoisotopic (exact) mass is 323 g/mol. The highest BCUT2D eigenvalue weighted by Crippen LogP contribution is 2.33. The van der Waals surface area contributed by atoms with Crippen LogP contribution in [-0.2, 0) is 9.05 Å². The molecule has 2 rings (SSSR count). The van der Waals surface area contributed by atoms with Gasteiger partial charge < -0.3 is 5.32 Å². The number of amides is 1. The Balaban J connectivity index is 2.34. The van der Waals surface area contributed by atoms with E-state index in [1.165, 1.54) is 0 Å². The topological polar surface area (TPSA) is 63.2 Å². The van der Waals surface area contributed by atoms with E-state index in [9.17, 15) is 22.0 Å². The van der Waals surface area contributed by atoms with Crippen LogP contribution in [0.15, 0.2) is 17.0 Å². The first-order valence-corrected chi connectivity index (χ1v) is 8.30. The van der Waals surface area contributed by atoms with Crippen LogP contribution in [0.4, 0.5) is 8.78 Å². The highest BCUT2D eigenvalue weighted by Gasteiger charge is 2.38. The van der Waals surface area contributed by atoms with Crippen molar-refractivity contribution in [3.05, 3.63) is 29.3 Å². The second kappa shape index (κ2) is 5.29. The van der Waals surface area contributed by atoms with Crippen LogP contribution in [0.3, 0.4) is 0 Å². The molecule has 0 radical (unpaired) electrons. The minimum atomic E-state index is -4.38. The Morgan fingerprint density at radius 1 is 1.45 bits per heavy atom.